The second-order valence-electron chi connectivity index (χ2n) is 11.9. The zero-order valence-corrected chi connectivity index (χ0v) is 27.4. The number of benzene rings is 2. The number of nitrogens with one attached hydrogen (secondary N) is 2. The number of nitrogens with zero attached hydrogens (tertiary/aromatic N) is 2. The fourth-order valence-electron chi connectivity index (χ4n) is 4.91. The normalized spacial score (nSPS) is 15.9. The van der Waals surface area contributed by atoms with Gasteiger partial charge in [0.1, 0.15) is 19.0 Å². The minimum absolute atomic E-state index is 0.000343. The number of hydrogen-bond donors (Lipinski definition) is 2. The van der Waals surface area contributed by atoms with Crippen LogP contribution in [-0.4, -0.2) is 50.4 Å². The summed E-state index contributed by atoms with van der Waals surface area (Å²) in [4.78, 5) is 30.4. The molecule has 0 unspecified atom stereocenters. The summed E-state index contributed by atoms with van der Waals surface area (Å²) in [5, 5.41) is 6.36. The lowest BCUT2D eigenvalue weighted by molar-refractivity contribution is 0.0899. The average Bonchev–Trinajstić information content (AvgIpc) is 3.39. The van der Waals surface area contributed by atoms with Crippen molar-refractivity contribution in [2.45, 2.75) is 56.4 Å². The van der Waals surface area contributed by atoms with Crippen molar-refractivity contribution in [3.05, 3.63) is 88.7 Å². The molecule has 44 heavy (non-hydrogen) atoms. The second-order valence-corrected chi connectivity index (χ2v) is 20.0. The molecule has 1 atom stereocenters. The van der Waals surface area contributed by atoms with Gasteiger partial charge in [0, 0.05) is 32.5 Å². The van der Waals surface area contributed by atoms with E-state index in [1.807, 2.05) is 47.2 Å². The molecule has 0 radical (unpaired) electrons. The quantitative estimate of drug-likeness (QED) is 0.150. The summed E-state index contributed by atoms with van der Waals surface area (Å²) >= 11 is 6.55. The minimum Gasteiger partial charge on any atom is -0.445 e. The van der Waals surface area contributed by atoms with Gasteiger partial charge in [0.2, 0.25) is 0 Å². The zero-order chi connectivity index (χ0) is 31.5. The van der Waals surface area contributed by atoms with E-state index < -0.39 is 36.0 Å². The van der Waals surface area contributed by atoms with Gasteiger partial charge in [-0.25, -0.2) is 18.2 Å². The summed E-state index contributed by atoms with van der Waals surface area (Å²) in [5.41, 5.74) is 2.27. The smallest absolute Gasteiger partial charge is 0.407 e. The zero-order valence-electron chi connectivity index (χ0n) is 24.8. The van der Waals surface area contributed by atoms with E-state index in [4.69, 9.17) is 21.1 Å². The van der Waals surface area contributed by atoms with E-state index in [-0.39, 0.29) is 34.3 Å². The highest BCUT2D eigenvalue weighted by Crippen LogP contribution is 2.36. The highest BCUT2D eigenvalue weighted by atomic mass is 35.5. The van der Waals surface area contributed by atoms with Crippen molar-refractivity contribution in [2.75, 3.05) is 17.7 Å². The topological polar surface area (TPSA) is 129 Å². The SMILES string of the molecule is C[Si](C)(C)CCOCn1ccc2c(NC(=O)c3cc4c(cc3Cl)[C@@H](NC(=O)OCc3ccccc3)CCS4(=O)=O)ccnc21. The van der Waals surface area contributed by atoms with Crippen molar-refractivity contribution in [1.82, 2.24) is 14.9 Å². The van der Waals surface area contributed by atoms with Crippen LogP contribution in [0.4, 0.5) is 10.5 Å². The maximum Gasteiger partial charge on any atom is 0.407 e. The molecule has 0 spiro atoms. The predicted molar refractivity (Wildman–Crippen MR) is 172 cm³/mol. The number of anilines is 1. The summed E-state index contributed by atoms with van der Waals surface area (Å²) in [5.74, 6) is -0.776. The standard InChI is InChI=1S/C31H35ClN4O6SSi/c1-44(2,3)16-14-41-20-36-13-10-22-26(9-12-33-29(22)36)34-30(37)23-18-28-24(17-25(23)32)27(11-15-43(28,39)40)35-31(38)42-19-21-7-5-4-6-8-21/h4-10,12-13,17-18,27H,11,14-16,19-20H2,1-3H3,(H,35,38)(H,33,34,37)/t27-/m0/s1. The van der Waals surface area contributed by atoms with Crippen molar-refractivity contribution in [3.8, 4) is 0 Å². The third kappa shape index (κ3) is 7.49. The highest BCUT2D eigenvalue weighted by molar-refractivity contribution is 7.91. The molecule has 4 aromatic rings. The van der Waals surface area contributed by atoms with Gasteiger partial charge in [-0.2, -0.15) is 0 Å². The predicted octanol–water partition coefficient (Wildman–Crippen LogP) is 6.40. The lowest BCUT2D eigenvalue weighted by atomic mass is 10.0. The Kier molecular flexibility index (Phi) is 9.44. The number of halogens is 1. The van der Waals surface area contributed by atoms with Gasteiger partial charge in [0.15, 0.2) is 9.84 Å². The Bertz CT molecular complexity index is 1790. The fraction of sp³-hybridized carbons (Fsp3) is 0.323. The molecule has 1 aliphatic rings. The molecule has 10 nitrogen and oxygen atoms in total. The van der Waals surface area contributed by atoms with Crippen molar-refractivity contribution in [2.24, 2.45) is 0 Å². The van der Waals surface area contributed by atoms with Crippen LogP contribution in [0.5, 0.6) is 0 Å². The first kappa shape index (κ1) is 31.7. The molecule has 0 fully saturated rings. The summed E-state index contributed by atoms with van der Waals surface area (Å²) in [6, 6.07) is 15.8. The summed E-state index contributed by atoms with van der Waals surface area (Å²) in [6.07, 6.45) is 2.89. The van der Waals surface area contributed by atoms with E-state index in [1.165, 1.54) is 12.1 Å². The number of carbonyl (C=O) groups is 2. The Labute approximate surface area is 262 Å². The van der Waals surface area contributed by atoms with Gasteiger partial charge in [0.05, 0.1) is 33.0 Å². The monoisotopic (exact) mass is 654 g/mol. The minimum atomic E-state index is -3.72. The van der Waals surface area contributed by atoms with Crippen LogP contribution in [0.15, 0.2) is 71.9 Å². The van der Waals surface area contributed by atoms with Gasteiger partial charge in [-0.3, -0.25) is 4.79 Å². The van der Waals surface area contributed by atoms with Crippen LogP contribution in [0.25, 0.3) is 11.0 Å². The third-order valence-electron chi connectivity index (χ3n) is 7.37. The third-order valence-corrected chi connectivity index (χ3v) is 11.2. The van der Waals surface area contributed by atoms with E-state index in [0.29, 0.717) is 35.6 Å². The van der Waals surface area contributed by atoms with Crippen LogP contribution in [0, 0.1) is 0 Å². The Morgan fingerprint density at radius 3 is 2.64 bits per heavy atom. The van der Waals surface area contributed by atoms with Crippen LogP contribution in [0.3, 0.4) is 0 Å². The van der Waals surface area contributed by atoms with Crippen molar-refractivity contribution < 1.29 is 27.5 Å². The highest BCUT2D eigenvalue weighted by Gasteiger charge is 2.33. The number of hydrogen-bond acceptors (Lipinski definition) is 7. The largest absolute Gasteiger partial charge is 0.445 e. The van der Waals surface area contributed by atoms with Gasteiger partial charge in [0.25, 0.3) is 5.91 Å². The Morgan fingerprint density at radius 2 is 1.89 bits per heavy atom. The average molecular weight is 655 g/mol. The fourth-order valence-corrected chi connectivity index (χ4v) is 7.55. The van der Waals surface area contributed by atoms with Crippen LogP contribution >= 0.6 is 11.6 Å². The molecule has 2 N–H and O–H groups in total. The number of pyridine rings is 1. The molecule has 0 bridgehead atoms. The molecule has 3 heterocycles. The molecule has 0 saturated heterocycles. The Balaban J connectivity index is 1.32. The number of sulfone groups is 1. The van der Waals surface area contributed by atoms with Crippen LogP contribution in [-0.2, 0) is 32.6 Å². The van der Waals surface area contributed by atoms with E-state index in [2.05, 4.69) is 35.3 Å². The number of fused-ring (bicyclic) bond motifs is 2. The molecular weight excluding hydrogens is 620 g/mol. The number of alkyl carbamates (subject to hydrolysis) is 1. The first-order valence-electron chi connectivity index (χ1n) is 14.3. The number of ether oxygens (including phenoxy) is 2. The summed E-state index contributed by atoms with van der Waals surface area (Å²) in [6.45, 7) is 7.95. The van der Waals surface area contributed by atoms with E-state index >= 15 is 0 Å². The molecule has 2 amide bonds. The molecule has 0 aliphatic carbocycles. The first-order chi connectivity index (χ1) is 20.9. The Hall–Kier alpha value is -3.71. The van der Waals surface area contributed by atoms with Gasteiger partial charge in [-0.1, -0.05) is 61.6 Å². The van der Waals surface area contributed by atoms with Gasteiger partial charge >= 0.3 is 6.09 Å². The molecule has 2 aromatic heterocycles. The molecule has 2 aromatic carbocycles. The van der Waals surface area contributed by atoms with Crippen LogP contribution in [0.2, 0.25) is 30.7 Å². The second kappa shape index (κ2) is 13.1. The van der Waals surface area contributed by atoms with Crippen LogP contribution < -0.4 is 10.6 Å². The number of amides is 2. The lowest BCUT2D eigenvalue weighted by Gasteiger charge is -2.27. The van der Waals surface area contributed by atoms with Gasteiger partial charge in [-0.05, 0) is 47.9 Å². The molecule has 1 aliphatic heterocycles. The van der Waals surface area contributed by atoms with E-state index in [0.717, 1.165) is 11.6 Å². The number of rotatable bonds is 10. The Morgan fingerprint density at radius 1 is 1.11 bits per heavy atom. The van der Waals surface area contributed by atoms with E-state index in [1.54, 1.807) is 12.3 Å². The van der Waals surface area contributed by atoms with Crippen molar-refractivity contribution in [3.63, 3.8) is 0 Å². The number of carbonyl (C=O) groups excluding carboxylic acids is 2. The maximum atomic E-state index is 13.4. The first-order valence-corrected chi connectivity index (χ1v) is 20.0. The summed E-state index contributed by atoms with van der Waals surface area (Å²) < 4.78 is 39.2. The van der Waals surface area contributed by atoms with Gasteiger partial charge < -0.3 is 24.7 Å². The maximum absolute atomic E-state index is 13.4. The van der Waals surface area contributed by atoms with Crippen LogP contribution in [0.1, 0.15) is 33.9 Å². The van der Waals surface area contributed by atoms with Gasteiger partial charge in [-0.15, -0.1) is 0 Å². The molecule has 13 heteroatoms. The lowest BCUT2D eigenvalue weighted by Crippen LogP contribution is -2.34. The number of aromatic nitrogens is 2. The molecule has 0 saturated carbocycles. The van der Waals surface area contributed by atoms with Crippen molar-refractivity contribution >= 4 is 58.2 Å². The van der Waals surface area contributed by atoms with E-state index in [9.17, 15) is 18.0 Å². The molecule has 5 rings (SSSR count). The van der Waals surface area contributed by atoms with Crippen molar-refractivity contribution in [1.29, 1.82) is 0 Å². The summed E-state index contributed by atoms with van der Waals surface area (Å²) in [7, 11) is -4.93. The molecule has 232 valence electrons. The molecular formula is C31H35ClN4O6SSi.